The molecule has 1 aliphatic heterocycles. The second-order valence-corrected chi connectivity index (χ2v) is 7.74. The number of halogens is 2. The molecular formula is C20H27F2N5O. The first-order valence-electron chi connectivity index (χ1n) is 9.69. The second-order valence-electron chi connectivity index (χ2n) is 7.74. The van der Waals surface area contributed by atoms with E-state index >= 15 is 0 Å². The van der Waals surface area contributed by atoms with Crippen LogP contribution < -0.4 is 5.32 Å². The quantitative estimate of drug-likeness (QED) is 0.823. The minimum Gasteiger partial charge on any atom is -0.346 e. The average Bonchev–Trinajstić information content (AvgIpc) is 2.91. The van der Waals surface area contributed by atoms with Crippen LogP contribution in [0.3, 0.4) is 0 Å². The van der Waals surface area contributed by atoms with Crippen LogP contribution in [0.2, 0.25) is 0 Å². The van der Waals surface area contributed by atoms with Gasteiger partial charge in [0.2, 0.25) is 5.91 Å². The first-order chi connectivity index (χ1) is 13.3. The van der Waals surface area contributed by atoms with Crippen molar-refractivity contribution in [2.75, 3.05) is 13.1 Å². The molecule has 0 saturated heterocycles. The largest absolute Gasteiger partial charge is 0.346 e. The van der Waals surface area contributed by atoms with E-state index in [1.165, 1.54) is 25.1 Å². The number of carbonyl (C=O) groups is 1. The van der Waals surface area contributed by atoms with Gasteiger partial charge in [0.25, 0.3) is 0 Å². The van der Waals surface area contributed by atoms with E-state index in [4.69, 9.17) is 0 Å². The van der Waals surface area contributed by atoms with Crippen LogP contribution in [0.4, 0.5) is 8.78 Å². The van der Waals surface area contributed by atoms with Crippen LogP contribution in [0.25, 0.3) is 0 Å². The van der Waals surface area contributed by atoms with Crippen molar-refractivity contribution >= 4 is 5.91 Å². The summed E-state index contributed by atoms with van der Waals surface area (Å²) in [5.41, 5.74) is 0.0938. The van der Waals surface area contributed by atoms with E-state index in [-0.39, 0.29) is 24.1 Å². The predicted molar refractivity (Wildman–Crippen MR) is 101 cm³/mol. The second kappa shape index (κ2) is 8.77. The molecule has 1 atom stereocenters. The number of hydrogen-bond acceptors (Lipinski definition) is 4. The Morgan fingerprint density at radius 3 is 2.54 bits per heavy atom. The van der Waals surface area contributed by atoms with Crippen LogP contribution in [-0.4, -0.2) is 38.7 Å². The molecule has 1 amide bonds. The topological polar surface area (TPSA) is 63.1 Å². The first kappa shape index (κ1) is 20.4. The third kappa shape index (κ3) is 4.73. The van der Waals surface area contributed by atoms with Gasteiger partial charge in [-0.2, -0.15) is 0 Å². The molecule has 2 heterocycles. The van der Waals surface area contributed by atoms with Crippen molar-refractivity contribution in [3.63, 3.8) is 0 Å². The number of amides is 1. The number of rotatable bonds is 6. The number of hydrogen-bond donors (Lipinski definition) is 1. The molecule has 28 heavy (non-hydrogen) atoms. The molecule has 0 unspecified atom stereocenters. The maximum absolute atomic E-state index is 14.0. The Bertz CT molecular complexity index is 816. The summed E-state index contributed by atoms with van der Waals surface area (Å²) >= 11 is 0. The Morgan fingerprint density at radius 1 is 1.18 bits per heavy atom. The molecule has 1 N–H and O–H groups in total. The molecular weight excluding hydrogens is 364 g/mol. The Kier molecular flexibility index (Phi) is 6.39. The first-order valence-corrected chi connectivity index (χ1v) is 9.69. The Labute approximate surface area is 163 Å². The molecule has 152 valence electrons. The van der Waals surface area contributed by atoms with E-state index in [1.54, 1.807) is 0 Å². The monoisotopic (exact) mass is 391 g/mol. The van der Waals surface area contributed by atoms with Crippen molar-refractivity contribution in [1.82, 2.24) is 25.0 Å². The maximum atomic E-state index is 14.0. The van der Waals surface area contributed by atoms with Gasteiger partial charge in [0.05, 0.1) is 6.04 Å². The summed E-state index contributed by atoms with van der Waals surface area (Å²) in [6.45, 7) is 7.78. The molecule has 2 aromatic rings. The Balaban J connectivity index is 1.76. The van der Waals surface area contributed by atoms with Gasteiger partial charge in [0, 0.05) is 45.1 Å². The van der Waals surface area contributed by atoms with Crippen molar-refractivity contribution < 1.29 is 13.6 Å². The standard InChI is InChI=1S/C20H27F2N5O/c1-13(2)11-18(23-14(3)28)20-25-24-19-7-8-26(9-10-27(19)20)12-15-16(21)5-4-6-17(15)22/h4-6,13,18H,7-12H2,1-3H3,(H,23,28)/t18-/m1/s1. The Morgan fingerprint density at radius 2 is 1.89 bits per heavy atom. The van der Waals surface area contributed by atoms with Gasteiger partial charge in [0.1, 0.15) is 17.5 Å². The van der Waals surface area contributed by atoms with Crippen molar-refractivity contribution in [2.24, 2.45) is 5.92 Å². The predicted octanol–water partition coefficient (Wildman–Crippen LogP) is 2.84. The molecule has 1 aromatic heterocycles. The molecule has 1 aliphatic rings. The Hall–Kier alpha value is -2.35. The molecule has 1 aromatic carbocycles. The van der Waals surface area contributed by atoms with Crippen LogP contribution in [-0.2, 0) is 24.3 Å². The highest BCUT2D eigenvalue weighted by Gasteiger charge is 2.26. The van der Waals surface area contributed by atoms with Gasteiger partial charge in [-0.25, -0.2) is 8.78 Å². The number of benzene rings is 1. The lowest BCUT2D eigenvalue weighted by atomic mass is 10.0. The lowest BCUT2D eigenvalue weighted by molar-refractivity contribution is -0.119. The fourth-order valence-corrected chi connectivity index (χ4v) is 3.66. The molecule has 6 nitrogen and oxygen atoms in total. The van der Waals surface area contributed by atoms with Gasteiger partial charge in [0.15, 0.2) is 5.82 Å². The summed E-state index contributed by atoms with van der Waals surface area (Å²) in [7, 11) is 0. The van der Waals surface area contributed by atoms with Crippen molar-refractivity contribution in [3.8, 4) is 0 Å². The summed E-state index contributed by atoms with van der Waals surface area (Å²) in [4.78, 5) is 13.7. The highest BCUT2D eigenvalue weighted by Crippen LogP contribution is 2.23. The molecule has 0 radical (unpaired) electrons. The average molecular weight is 391 g/mol. The smallest absolute Gasteiger partial charge is 0.217 e. The molecule has 0 spiro atoms. The van der Waals surface area contributed by atoms with Crippen LogP contribution in [0.5, 0.6) is 0 Å². The van der Waals surface area contributed by atoms with Crippen LogP contribution in [0.1, 0.15) is 50.4 Å². The van der Waals surface area contributed by atoms with Crippen LogP contribution in [0.15, 0.2) is 18.2 Å². The molecule has 0 bridgehead atoms. The summed E-state index contributed by atoms with van der Waals surface area (Å²) in [6, 6.07) is 3.75. The zero-order chi connectivity index (χ0) is 20.3. The van der Waals surface area contributed by atoms with E-state index in [2.05, 4.69) is 29.4 Å². The number of carbonyl (C=O) groups excluding carboxylic acids is 1. The van der Waals surface area contributed by atoms with Crippen molar-refractivity contribution in [2.45, 2.75) is 52.7 Å². The van der Waals surface area contributed by atoms with Crippen LogP contribution in [0, 0.1) is 17.6 Å². The highest BCUT2D eigenvalue weighted by atomic mass is 19.1. The minimum atomic E-state index is -0.521. The van der Waals surface area contributed by atoms with Gasteiger partial charge in [-0.15, -0.1) is 10.2 Å². The summed E-state index contributed by atoms with van der Waals surface area (Å²) in [5.74, 6) is 0.826. The third-order valence-corrected chi connectivity index (χ3v) is 4.99. The maximum Gasteiger partial charge on any atom is 0.217 e. The van der Waals surface area contributed by atoms with E-state index in [1.807, 2.05) is 9.47 Å². The third-order valence-electron chi connectivity index (χ3n) is 4.99. The SMILES string of the molecule is CC(=O)N[C@H](CC(C)C)c1nnc2n1CCN(Cc1c(F)cccc1F)CC2. The normalized spacial score (nSPS) is 15.9. The fourth-order valence-electron chi connectivity index (χ4n) is 3.66. The van der Waals surface area contributed by atoms with Gasteiger partial charge >= 0.3 is 0 Å². The lowest BCUT2D eigenvalue weighted by Crippen LogP contribution is -2.31. The number of fused-ring (bicyclic) bond motifs is 1. The van der Waals surface area contributed by atoms with Gasteiger partial charge < -0.3 is 9.88 Å². The highest BCUT2D eigenvalue weighted by molar-refractivity contribution is 5.73. The minimum absolute atomic E-state index is 0.0938. The van der Waals surface area contributed by atoms with Gasteiger partial charge in [-0.05, 0) is 24.5 Å². The van der Waals surface area contributed by atoms with E-state index < -0.39 is 11.6 Å². The van der Waals surface area contributed by atoms with E-state index in [9.17, 15) is 13.6 Å². The number of nitrogens with one attached hydrogen (secondary N) is 1. The molecule has 0 fully saturated rings. The molecule has 0 saturated carbocycles. The molecule has 3 rings (SSSR count). The van der Waals surface area contributed by atoms with Gasteiger partial charge in [-0.1, -0.05) is 19.9 Å². The van der Waals surface area contributed by atoms with E-state index in [0.717, 1.165) is 18.1 Å². The zero-order valence-corrected chi connectivity index (χ0v) is 16.6. The zero-order valence-electron chi connectivity index (χ0n) is 16.6. The lowest BCUT2D eigenvalue weighted by Gasteiger charge is -2.22. The van der Waals surface area contributed by atoms with Crippen molar-refractivity contribution in [1.29, 1.82) is 0 Å². The van der Waals surface area contributed by atoms with Crippen LogP contribution >= 0.6 is 0 Å². The summed E-state index contributed by atoms with van der Waals surface area (Å²) in [6.07, 6.45) is 1.40. The summed E-state index contributed by atoms with van der Waals surface area (Å²) in [5, 5.41) is 11.6. The number of aromatic nitrogens is 3. The van der Waals surface area contributed by atoms with Gasteiger partial charge in [-0.3, -0.25) is 9.69 Å². The fraction of sp³-hybridized carbons (Fsp3) is 0.550. The van der Waals surface area contributed by atoms with Crippen molar-refractivity contribution in [3.05, 3.63) is 47.0 Å². The van der Waals surface area contributed by atoms with E-state index in [0.29, 0.717) is 32.0 Å². The number of nitrogens with zero attached hydrogens (tertiary/aromatic N) is 4. The molecule has 8 heteroatoms. The summed E-state index contributed by atoms with van der Waals surface area (Å²) < 4.78 is 30.0. The molecule has 0 aliphatic carbocycles.